The Morgan fingerprint density at radius 1 is 1.19 bits per heavy atom. The molecule has 0 aromatic heterocycles. The van der Waals surface area contributed by atoms with E-state index in [9.17, 15) is 9.59 Å². The second kappa shape index (κ2) is 6.13. The van der Waals surface area contributed by atoms with Crippen LogP contribution in [-0.4, -0.2) is 49.1 Å². The van der Waals surface area contributed by atoms with Crippen molar-refractivity contribution in [3.63, 3.8) is 0 Å². The molecule has 5 nitrogen and oxygen atoms in total. The highest BCUT2D eigenvalue weighted by atomic mass is 35.5. The van der Waals surface area contributed by atoms with E-state index in [1.54, 1.807) is 12.1 Å². The third-order valence-electron chi connectivity index (χ3n) is 4.13. The van der Waals surface area contributed by atoms with Crippen LogP contribution in [0.25, 0.3) is 0 Å². The van der Waals surface area contributed by atoms with Gasteiger partial charge in [0, 0.05) is 5.02 Å². The third-order valence-corrected chi connectivity index (χ3v) is 4.38. The Labute approximate surface area is 128 Å². The molecule has 6 heteroatoms. The van der Waals surface area contributed by atoms with Crippen LogP contribution in [0, 0.1) is 0 Å². The fourth-order valence-electron chi connectivity index (χ4n) is 2.92. The van der Waals surface area contributed by atoms with Crippen molar-refractivity contribution in [2.75, 3.05) is 26.3 Å². The summed E-state index contributed by atoms with van der Waals surface area (Å²) in [6, 6.07) is 6.99. The van der Waals surface area contributed by atoms with Gasteiger partial charge in [0.15, 0.2) is 6.04 Å². The highest BCUT2D eigenvalue weighted by Gasteiger charge is 2.45. The summed E-state index contributed by atoms with van der Waals surface area (Å²) in [5.41, 5.74) is 0.915. The van der Waals surface area contributed by atoms with Gasteiger partial charge in [0.2, 0.25) is 5.91 Å². The number of ether oxygens (including phenoxy) is 1. The van der Waals surface area contributed by atoms with Gasteiger partial charge in [-0.1, -0.05) is 23.7 Å². The lowest BCUT2D eigenvalue weighted by atomic mass is 10.2. The summed E-state index contributed by atoms with van der Waals surface area (Å²) in [7, 11) is 0. The zero-order valence-corrected chi connectivity index (χ0v) is 12.4. The van der Waals surface area contributed by atoms with Crippen molar-refractivity contribution in [1.82, 2.24) is 4.90 Å². The van der Waals surface area contributed by atoms with E-state index < -0.39 is 0 Å². The zero-order chi connectivity index (χ0) is 14.8. The fourth-order valence-corrected chi connectivity index (χ4v) is 3.05. The van der Waals surface area contributed by atoms with Gasteiger partial charge in [-0.25, -0.2) is 0 Å². The normalized spacial score (nSPS) is 23.9. The first-order valence-corrected chi connectivity index (χ1v) is 7.54. The summed E-state index contributed by atoms with van der Waals surface area (Å²) in [4.78, 5) is 27.2. The Morgan fingerprint density at radius 2 is 1.86 bits per heavy atom. The predicted octanol–water partition coefficient (Wildman–Crippen LogP) is -0.117. The molecule has 2 saturated heterocycles. The molecule has 2 heterocycles. The number of carbonyl (C=O) groups is 2. The molecule has 0 bridgehead atoms. The summed E-state index contributed by atoms with van der Waals surface area (Å²) in [6.45, 7) is 3.22. The number of nitrogens with zero attached hydrogens (tertiary/aromatic N) is 1. The van der Waals surface area contributed by atoms with Gasteiger partial charge < -0.3 is 9.64 Å². The monoisotopic (exact) mass is 309 g/mol. The van der Waals surface area contributed by atoms with Crippen LogP contribution in [0.4, 0.5) is 0 Å². The second-order valence-corrected chi connectivity index (χ2v) is 5.91. The second-order valence-electron chi connectivity index (χ2n) is 5.47. The Morgan fingerprint density at radius 3 is 2.52 bits per heavy atom. The van der Waals surface area contributed by atoms with Crippen molar-refractivity contribution in [2.24, 2.45) is 0 Å². The molecular formula is C15H18ClN2O3+. The number of amides is 2. The number of quaternary nitrogens is 1. The number of rotatable bonds is 3. The lowest BCUT2D eigenvalue weighted by Crippen LogP contribution is -3.18. The molecule has 2 fully saturated rings. The Hall–Kier alpha value is -1.43. The lowest BCUT2D eigenvalue weighted by Gasteiger charge is -2.27. The van der Waals surface area contributed by atoms with E-state index in [0.717, 1.165) is 18.7 Å². The van der Waals surface area contributed by atoms with E-state index >= 15 is 0 Å². The predicted molar refractivity (Wildman–Crippen MR) is 76.9 cm³/mol. The van der Waals surface area contributed by atoms with Crippen LogP contribution < -0.4 is 4.90 Å². The maximum Gasteiger partial charge on any atom is 0.288 e. The van der Waals surface area contributed by atoms with Crippen molar-refractivity contribution < 1.29 is 19.2 Å². The Bertz CT molecular complexity index is 540. The molecular weight excluding hydrogens is 292 g/mol. The van der Waals surface area contributed by atoms with Gasteiger partial charge in [0.1, 0.15) is 13.1 Å². The standard InChI is InChI=1S/C15H17ClN2O3/c16-12-3-1-11(2-4-12)10-18-14(19)9-13(15(18)20)17-5-7-21-8-6-17/h1-4,13H,5-10H2/p+1/t13-/m0/s1. The van der Waals surface area contributed by atoms with Crippen LogP contribution in [0.15, 0.2) is 24.3 Å². The number of halogens is 1. The van der Waals surface area contributed by atoms with Gasteiger partial charge in [0.25, 0.3) is 5.91 Å². The largest absolute Gasteiger partial charge is 0.370 e. The number of benzene rings is 1. The lowest BCUT2D eigenvalue weighted by molar-refractivity contribution is -0.922. The van der Waals surface area contributed by atoms with Gasteiger partial charge in [-0.3, -0.25) is 14.5 Å². The van der Waals surface area contributed by atoms with E-state index in [1.807, 2.05) is 12.1 Å². The summed E-state index contributed by atoms with van der Waals surface area (Å²) in [5, 5.41) is 0.647. The summed E-state index contributed by atoms with van der Waals surface area (Å²) >= 11 is 5.85. The Kier molecular flexibility index (Phi) is 4.24. The summed E-state index contributed by atoms with van der Waals surface area (Å²) in [5.74, 6) is -0.147. The van der Waals surface area contributed by atoms with Crippen molar-refractivity contribution in [3.8, 4) is 0 Å². The molecule has 0 unspecified atom stereocenters. The topological polar surface area (TPSA) is 51.1 Å². The number of imide groups is 1. The molecule has 1 atom stereocenters. The molecule has 2 aliphatic heterocycles. The van der Waals surface area contributed by atoms with Crippen molar-refractivity contribution >= 4 is 23.4 Å². The molecule has 0 saturated carbocycles. The quantitative estimate of drug-likeness (QED) is 0.792. The molecule has 3 rings (SSSR count). The van der Waals surface area contributed by atoms with Crippen molar-refractivity contribution in [2.45, 2.75) is 19.0 Å². The first-order valence-electron chi connectivity index (χ1n) is 7.16. The van der Waals surface area contributed by atoms with Crippen LogP contribution in [0.5, 0.6) is 0 Å². The maximum absolute atomic E-state index is 12.5. The maximum atomic E-state index is 12.5. The number of morpholine rings is 1. The van der Waals surface area contributed by atoms with Gasteiger partial charge in [-0.15, -0.1) is 0 Å². The molecule has 0 aliphatic carbocycles. The molecule has 112 valence electrons. The van der Waals surface area contributed by atoms with Crippen molar-refractivity contribution in [3.05, 3.63) is 34.9 Å². The molecule has 1 aromatic rings. The summed E-state index contributed by atoms with van der Waals surface area (Å²) < 4.78 is 5.31. The molecule has 0 spiro atoms. The van der Waals surface area contributed by atoms with E-state index in [1.165, 1.54) is 9.80 Å². The number of hydrogen-bond donors (Lipinski definition) is 1. The third kappa shape index (κ3) is 3.10. The molecule has 1 aromatic carbocycles. The van der Waals surface area contributed by atoms with E-state index in [-0.39, 0.29) is 17.9 Å². The number of nitrogens with one attached hydrogen (secondary N) is 1. The summed E-state index contributed by atoms with van der Waals surface area (Å²) in [6.07, 6.45) is 0.307. The van der Waals surface area contributed by atoms with Crippen LogP contribution >= 0.6 is 11.6 Å². The van der Waals surface area contributed by atoms with E-state index in [2.05, 4.69) is 0 Å². The molecule has 21 heavy (non-hydrogen) atoms. The molecule has 2 amide bonds. The highest BCUT2D eigenvalue weighted by Crippen LogP contribution is 2.17. The molecule has 0 radical (unpaired) electrons. The van der Waals surface area contributed by atoms with Crippen molar-refractivity contribution in [1.29, 1.82) is 0 Å². The minimum absolute atomic E-state index is 0.0631. The highest BCUT2D eigenvalue weighted by molar-refractivity contribution is 6.30. The van der Waals surface area contributed by atoms with Gasteiger partial charge in [0.05, 0.1) is 26.2 Å². The zero-order valence-electron chi connectivity index (χ0n) is 11.7. The number of carbonyl (C=O) groups excluding carboxylic acids is 2. The van der Waals surface area contributed by atoms with E-state index in [0.29, 0.717) is 31.2 Å². The Balaban J connectivity index is 1.69. The number of hydrogen-bond acceptors (Lipinski definition) is 3. The van der Waals surface area contributed by atoms with Crippen LogP contribution in [0.3, 0.4) is 0 Å². The average Bonchev–Trinajstić information content (AvgIpc) is 2.78. The van der Waals surface area contributed by atoms with Crippen LogP contribution in [0.2, 0.25) is 5.02 Å². The van der Waals surface area contributed by atoms with E-state index in [4.69, 9.17) is 16.3 Å². The van der Waals surface area contributed by atoms with Gasteiger partial charge >= 0.3 is 0 Å². The van der Waals surface area contributed by atoms with Crippen LogP contribution in [-0.2, 0) is 20.9 Å². The fraction of sp³-hybridized carbons (Fsp3) is 0.467. The minimum Gasteiger partial charge on any atom is -0.370 e. The number of likely N-dealkylation sites (tertiary alicyclic amines) is 1. The van der Waals surface area contributed by atoms with Crippen LogP contribution in [0.1, 0.15) is 12.0 Å². The molecule has 1 N–H and O–H groups in total. The molecule has 2 aliphatic rings. The van der Waals surface area contributed by atoms with Gasteiger partial charge in [-0.05, 0) is 17.7 Å². The first-order chi connectivity index (χ1) is 10.1. The average molecular weight is 310 g/mol. The SMILES string of the molecule is O=C1C[C@H]([NH+]2CCOCC2)C(=O)N1Cc1ccc(Cl)cc1. The van der Waals surface area contributed by atoms with Gasteiger partial charge in [-0.2, -0.15) is 0 Å². The minimum atomic E-state index is -0.242. The smallest absolute Gasteiger partial charge is 0.288 e. The first kappa shape index (κ1) is 14.5.